The minimum Gasteiger partial charge on any atom is -0.492 e. The summed E-state index contributed by atoms with van der Waals surface area (Å²) in [5.74, 6) is 1.85. The lowest BCUT2D eigenvalue weighted by Crippen LogP contribution is -2.38. The largest absolute Gasteiger partial charge is 0.492 e. The summed E-state index contributed by atoms with van der Waals surface area (Å²) >= 11 is 0. The van der Waals surface area contributed by atoms with Crippen LogP contribution in [-0.2, 0) is 17.9 Å². The summed E-state index contributed by atoms with van der Waals surface area (Å²) < 4.78 is 5.67. The van der Waals surface area contributed by atoms with Crippen molar-refractivity contribution < 1.29 is 9.53 Å². The molecule has 7 heteroatoms. The predicted octanol–water partition coefficient (Wildman–Crippen LogP) is 3.17. The van der Waals surface area contributed by atoms with E-state index in [1.807, 2.05) is 41.3 Å². The zero-order valence-electron chi connectivity index (χ0n) is 16.8. The zero-order valence-corrected chi connectivity index (χ0v) is 19.1. The second-order valence-electron chi connectivity index (χ2n) is 6.75. The van der Waals surface area contributed by atoms with Crippen LogP contribution in [0.4, 0.5) is 0 Å². The van der Waals surface area contributed by atoms with E-state index < -0.39 is 0 Å². The number of nitrogens with one attached hydrogen (secondary N) is 2. The maximum atomic E-state index is 11.8. The number of benzene rings is 2. The van der Waals surface area contributed by atoms with Crippen LogP contribution in [0.25, 0.3) is 0 Å². The molecular weight excluding hydrogens is 479 g/mol. The van der Waals surface area contributed by atoms with Gasteiger partial charge in [0.1, 0.15) is 12.4 Å². The number of hydrogen-bond donors (Lipinski definition) is 2. The van der Waals surface area contributed by atoms with Gasteiger partial charge in [0, 0.05) is 33.1 Å². The predicted molar refractivity (Wildman–Crippen MR) is 127 cm³/mol. The molecule has 1 aliphatic rings. The molecule has 0 saturated carbocycles. The van der Waals surface area contributed by atoms with Crippen LogP contribution in [0, 0.1) is 0 Å². The fraction of sp³-hybridized carbons (Fsp3) is 0.364. The van der Waals surface area contributed by atoms with Gasteiger partial charge in [-0.3, -0.25) is 9.79 Å². The number of carbonyl (C=O) groups excluding carboxylic acids is 1. The minimum atomic E-state index is 0. The van der Waals surface area contributed by atoms with E-state index in [1.54, 1.807) is 7.05 Å². The summed E-state index contributed by atoms with van der Waals surface area (Å²) in [6, 6.07) is 18.1. The van der Waals surface area contributed by atoms with Crippen LogP contribution < -0.4 is 15.4 Å². The maximum absolute atomic E-state index is 11.8. The van der Waals surface area contributed by atoms with Crippen LogP contribution in [0.15, 0.2) is 59.6 Å². The summed E-state index contributed by atoms with van der Waals surface area (Å²) in [5.41, 5.74) is 2.32. The van der Waals surface area contributed by atoms with Crippen molar-refractivity contribution in [3.63, 3.8) is 0 Å². The first-order chi connectivity index (χ1) is 13.7. The highest BCUT2D eigenvalue weighted by Crippen LogP contribution is 2.15. The van der Waals surface area contributed by atoms with Crippen LogP contribution in [0.5, 0.6) is 5.75 Å². The summed E-state index contributed by atoms with van der Waals surface area (Å²) in [4.78, 5) is 18.0. The van der Waals surface area contributed by atoms with Gasteiger partial charge in [-0.15, -0.1) is 24.0 Å². The van der Waals surface area contributed by atoms with Gasteiger partial charge in [-0.1, -0.05) is 42.5 Å². The van der Waals surface area contributed by atoms with E-state index >= 15 is 0 Å². The number of aliphatic imine (C=N–C) groups is 1. The number of halogens is 1. The highest BCUT2D eigenvalue weighted by Gasteiger charge is 2.19. The van der Waals surface area contributed by atoms with Crippen molar-refractivity contribution in [2.75, 3.05) is 26.7 Å². The van der Waals surface area contributed by atoms with Crippen molar-refractivity contribution >= 4 is 35.8 Å². The Balaban J connectivity index is 0.00000300. The van der Waals surface area contributed by atoms with E-state index in [4.69, 9.17) is 4.74 Å². The number of para-hydroxylation sites is 1. The van der Waals surface area contributed by atoms with Crippen LogP contribution >= 0.6 is 24.0 Å². The molecule has 2 aromatic rings. The third-order valence-corrected chi connectivity index (χ3v) is 4.63. The molecular formula is C22H29IN4O2. The monoisotopic (exact) mass is 508 g/mol. The number of carbonyl (C=O) groups is 1. The van der Waals surface area contributed by atoms with Gasteiger partial charge in [0.2, 0.25) is 5.91 Å². The molecule has 29 heavy (non-hydrogen) atoms. The van der Waals surface area contributed by atoms with E-state index in [0.717, 1.165) is 35.8 Å². The van der Waals surface area contributed by atoms with E-state index in [9.17, 15) is 4.79 Å². The lowest BCUT2D eigenvalue weighted by atomic mass is 10.1. The molecule has 6 nitrogen and oxygen atoms in total. The number of guanidine groups is 1. The van der Waals surface area contributed by atoms with Gasteiger partial charge in [-0.25, -0.2) is 0 Å². The molecule has 1 saturated heterocycles. The van der Waals surface area contributed by atoms with Gasteiger partial charge in [0.05, 0.1) is 6.54 Å². The summed E-state index contributed by atoms with van der Waals surface area (Å²) in [6.45, 7) is 3.44. The van der Waals surface area contributed by atoms with Crippen LogP contribution in [0.1, 0.15) is 24.0 Å². The van der Waals surface area contributed by atoms with E-state index in [2.05, 4.69) is 33.8 Å². The van der Waals surface area contributed by atoms with Crippen LogP contribution in [0.2, 0.25) is 0 Å². The first-order valence-electron chi connectivity index (χ1n) is 9.72. The third kappa shape index (κ3) is 7.56. The van der Waals surface area contributed by atoms with Gasteiger partial charge in [0.15, 0.2) is 5.96 Å². The Labute approximate surface area is 189 Å². The molecule has 2 N–H and O–H groups in total. The standard InChI is InChI=1S/C22H28N4O2.HI/c1-23-22(24-12-14-28-20-9-3-2-4-10-20)25-16-18-7-5-8-19(15-18)17-26-13-6-11-21(26)27;/h2-5,7-10,15H,6,11-14,16-17H2,1H3,(H2,23,24,25);1H. The number of amides is 1. The fourth-order valence-corrected chi connectivity index (χ4v) is 3.19. The van der Waals surface area contributed by atoms with Crippen molar-refractivity contribution in [2.24, 2.45) is 4.99 Å². The molecule has 156 valence electrons. The molecule has 1 fully saturated rings. The Bertz CT molecular complexity index is 798. The number of rotatable bonds is 8. The second-order valence-corrected chi connectivity index (χ2v) is 6.75. The zero-order chi connectivity index (χ0) is 19.6. The number of ether oxygens (including phenoxy) is 1. The Kier molecular flexibility index (Phi) is 9.76. The molecule has 2 aromatic carbocycles. The minimum absolute atomic E-state index is 0. The van der Waals surface area contributed by atoms with Gasteiger partial charge in [-0.05, 0) is 29.7 Å². The van der Waals surface area contributed by atoms with Gasteiger partial charge >= 0.3 is 0 Å². The molecule has 0 spiro atoms. The third-order valence-electron chi connectivity index (χ3n) is 4.63. The molecule has 0 aliphatic carbocycles. The molecule has 0 aromatic heterocycles. The quantitative estimate of drug-likeness (QED) is 0.249. The van der Waals surface area contributed by atoms with Crippen molar-refractivity contribution in [2.45, 2.75) is 25.9 Å². The fourth-order valence-electron chi connectivity index (χ4n) is 3.19. The van der Waals surface area contributed by atoms with Gasteiger partial charge in [-0.2, -0.15) is 0 Å². The summed E-state index contributed by atoms with van der Waals surface area (Å²) in [7, 11) is 1.75. The smallest absolute Gasteiger partial charge is 0.222 e. The van der Waals surface area contributed by atoms with E-state index in [0.29, 0.717) is 32.7 Å². The molecule has 1 amide bonds. The molecule has 3 rings (SSSR count). The second kappa shape index (κ2) is 12.3. The van der Waals surface area contributed by atoms with Crippen molar-refractivity contribution in [3.05, 3.63) is 65.7 Å². The Morgan fingerprint density at radius 1 is 1.10 bits per heavy atom. The Morgan fingerprint density at radius 2 is 1.90 bits per heavy atom. The number of likely N-dealkylation sites (tertiary alicyclic amines) is 1. The van der Waals surface area contributed by atoms with Gasteiger partial charge in [0.25, 0.3) is 0 Å². The maximum Gasteiger partial charge on any atom is 0.222 e. The van der Waals surface area contributed by atoms with Crippen molar-refractivity contribution in [1.29, 1.82) is 0 Å². The first kappa shape index (κ1) is 23.0. The topological polar surface area (TPSA) is 66.0 Å². The molecule has 1 heterocycles. The molecule has 0 atom stereocenters. The SMILES string of the molecule is CN=C(NCCOc1ccccc1)NCc1cccc(CN2CCCC2=O)c1.I. The summed E-state index contributed by atoms with van der Waals surface area (Å²) in [6.07, 6.45) is 1.65. The molecule has 0 radical (unpaired) electrons. The van der Waals surface area contributed by atoms with Crippen LogP contribution in [-0.4, -0.2) is 43.5 Å². The average Bonchev–Trinajstić information content (AvgIpc) is 3.13. The summed E-state index contributed by atoms with van der Waals surface area (Å²) in [5, 5.41) is 6.57. The van der Waals surface area contributed by atoms with E-state index in [1.165, 1.54) is 0 Å². The Hall–Kier alpha value is -2.29. The van der Waals surface area contributed by atoms with Crippen LogP contribution in [0.3, 0.4) is 0 Å². The molecule has 1 aliphatic heterocycles. The van der Waals surface area contributed by atoms with Crippen molar-refractivity contribution in [1.82, 2.24) is 15.5 Å². The Morgan fingerprint density at radius 3 is 2.62 bits per heavy atom. The highest BCUT2D eigenvalue weighted by molar-refractivity contribution is 14.0. The highest BCUT2D eigenvalue weighted by atomic mass is 127. The van der Waals surface area contributed by atoms with E-state index in [-0.39, 0.29) is 29.9 Å². The average molecular weight is 508 g/mol. The lowest BCUT2D eigenvalue weighted by molar-refractivity contribution is -0.128. The lowest BCUT2D eigenvalue weighted by Gasteiger charge is -2.16. The van der Waals surface area contributed by atoms with Crippen molar-refractivity contribution in [3.8, 4) is 5.75 Å². The normalized spacial score (nSPS) is 13.8. The molecule has 0 unspecified atom stereocenters. The van der Waals surface area contributed by atoms with Gasteiger partial charge < -0.3 is 20.3 Å². The molecule has 0 bridgehead atoms. The number of nitrogens with zero attached hydrogens (tertiary/aromatic N) is 2. The number of hydrogen-bond acceptors (Lipinski definition) is 3. The first-order valence-corrected chi connectivity index (χ1v) is 9.72.